The molecule has 0 amide bonds. The van der Waals surface area contributed by atoms with Crippen LogP contribution in [0.4, 0.5) is 0 Å². The maximum atomic E-state index is 6.54. The maximum Gasteiger partial charge on any atom is 0.142 e. The third-order valence-electron chi connectivity index (χ3n) is 4.76. The molecule has 1 aromatic rings. The minimum atomic E-state index is -0.228. The average molecular weight is 346 g/mol. The van der Waals surface area contributed by atoms with Crippen LogP contribution in [0.1, 0.15) is 67.4 Å². The molecule has 3 nitrogen and oxygen atoms in total. The summed E-state index contributed by atoms with van der Waals surface area (Å²) in [5.41, 5.74) is 2.13. The topological polar surface area (TPSA) is 30.8 Å². The molecule has 2 unspecified atom stereocenters. The van der Waals surface area contributed by atoms with E-state index >= 15 is 0 Å². The van der Waals surface area contributed by atoms with Crippen LogP contribution in [0.25, 0.3) is 0 Å². The monoisotopic (exact) mass is 345 g/mol. The molecule has 0 saturated carbocycles. The van der Waals surface area contributed by atoms with Gasteiger partial charge in [-0.1, -0.05) is 77.0 Å². The van der Waals surface area contributed by atoms with Crippen molar-refractivity contribution < 1.29 is 9.57 Å². The lowest BCUT2D eigenvalue weighted by molar-refractivity contribution is -0.155. The Morgan fingerprint density at radius 2 is 1.64 bits per heavy atom. The fraction of sp³-hybridized carbons (Fsp3) is 0.682. The third-order valence-corrected chi connectivity index (χ3v) is 4.76. The minimum absolute atomic E-state index is 0.0375. The predicted octanol–water partition coefficient (Wildman–Crippen LogP) is 5.84. The highest BCUT2D eigenvalue weighted by molar-refractivity contribution is 5.89. The molecule has 0 spiro atoms. The lowest BCUT2D eigenvalue weighted by Crippen LogP contribution is -2.55. The molecular formula is C22H35NO2. The summed E-state index contributed by atoms with van der Waals surface area (Å²) in [7, 11) is 0. The zero-order valence-electron chi connectivity index (χ0n) is 17.2. The molecule has 2 rings (SSSR count). The Morgan fingerprint density at radius 1 is 1.04 bits per heavy atom. The van der Waals surface area contributed by atoms with Crippen molar-refractivity contribution >= 4 is 5.71 Å². The van der Waals surface area contributed by atoms with Gasteiger partial charge in [0.05, 0.1) is 17.4 Å². The molecule has 0 N–H and O–H groups in total. The van der Waals surface area contributed by atoms with Crippen LogP contribution in [-0.4, -0.2) is 17.4 Å². The quantitative estimate of drug-likeness (QED) is 0.645. The highest BCUT2D eigenvalue weighted by atomic mass is 16.6. The molecule has 1 fully saturated rings. The first-order valence-electron chi connectivity index (χ1n) is 9.31. The van der Waals surface area contributed by atoms with E-state index in [2.05, 4.69) is 72.7 Å². The molecule has 1 aliphatic rings. The van der Waals surface area contributed by atoms with Gasteiger partial charge in [0.1, 0.15) is 6.61 Å². The van der Waals surface area contributed by atoms with Crippen LogP contribution in [0.5, 0.6) is 0 Å². The van der Waals surface area contributed by atoms with Gasteiger partial charge in [0.2, 0.25) is 0 Å². The van der Waals surface area contributed by atoms with Crippen molar-refractivity contribution in [3.8, 4) is 0 Å². The van der Waals surface area contributed by atoms with Gasteiger partial charge < -0.3 is 9.57 Å². The lowest BCUT2D eigenvalue weighted by Gasteiger charge is -2.51. The van der Waals surface area contributed by atoms with Crippen LogP contribution < -0.4 is 0 Å². The molecule has 140 valence electrons. The van der Waals surface area contributed by atoms with E-state index in [1.54, 1.807) is 0 Å². The average Bonchev–Trinajstić information content (AvgIpc) is 2.44. The normalized spacial score (nSPS) is 25.8. The fourth-order valence-corrected chi connectivity index (χ4v) is 3.66. The van der Waals surface area contributed by atoms with Crippen molar-refractivity contribution in [2.75, 3.05) is 0 Å². The van der Waals surface area contributed by atoms with Crippen molar-refractivity contribution in [1.82, 2.24) is 0 Å². The summed E-state index contributed by atoms with van der Waals surface area (Å²) in [5, 5.41) is 4.62. The molecule has 2 atom stereocenters. The third kappa shape index (κ3) is 5.31. The van der Waals surface area contributed by atoms with Crippen molar-refractivity contribution in [3.05, 3.63) is 35.9 Å². The number of benzene rings is 1. The number of nitrogens with zero attached hydrogens (tertiary/aromatic N) is 1. The number of oxime groups is 1. The molecule has 0 aromatic heterocycles. The van der Waals surface area contributed by atoms with E-state index in [9.17, 15) is 0 Å². The summed E-state index contributed by atoms with van der Waals surface area (Å²) in [4.78, 5) is 5.77. The SMILES string of the molecule is CC1(C)C/C(=N\OCc2ccccc2)C(C(C)(C)C)C(C(C)(C)C)O1. The van der Waals surface area contributed by atoms with Crippen molar-refractivity contribution in [3.63, 3.8) is 0 Å². The molecule has 1 saturated heterocycles. The zero-order valence-corrected chi connectivity index (χ0v) is 17.2. The van der Waals surface area contributed by atoms with Crippen LogP contribution in [0.3, 0.4) is 0 Å². The Balaban J connectivity index is 2.28. The van der Waals surface area contributed by atoms with Gasteiger partial charge in [-0.05, 0) is 30.2 Å². The van der Waals surface area contributed by atoms with Crippen molar-refractivity contribution in [2.24, 2.45) is 21.9 Å². The van der Waals surface area contributed by atoms with E-state index < -0.39 is 0 Å². The van der Waals surface area contributed by atoms with Gasteiger partial charge in [-0.25, -0.2) is 0 Å². The summed E-state index contributed by atoms with van der Waals surface area (Å²) in [6.45, 7) is 18.4. The Kier molecular flexibility index (Phi) is 5.68. The smallest absolute Gasteiger partial charge is 0.142 e. The predicted molar refractivity (Wildman–Crippen MR) is 105 cm³/mol. The number of ether oxygens (including phenoxy) is 1. The zero-order chi connectivity index (χ0) is 18.9. The van der Waals surface area contributed by atoms with Gasteiger partial charge in [-0.15, -0.1) is 0 Å². The van der Waals surface area contributed by atoms with E-state index in [-0.39, 0.29) is 28.5 Å². The second kappa shape index (κ2) is 7.11. The molecule has 25 heavy (non-hydrogen) atoms. The molecule has 1 aromatic carbocycles. The second-order valence-corrected chi connectivity index (χ2v) is 10.0. The summed E-state index contributed by atoms with van der Waals surface area (Å²) in [6, 6.07) is 10.2. The highest BCUT2D eigenvalue weighted by Crippen LogP contribution is 2.46. The van der Waals surface area contributed by atoms with Gasteiger partial charge in [0.15, 0.2) is 0 Å². The Bertz CT molecular complexity index is 591. The summed E-state index contributed by atoms with van der Waals surface area (Å²) in [5.74, 6) is 0.233. The molecule has 3 heteroatoms. The van der Waals surface area contributed by atoms with E-state index in [1.807, 2.05) is 18.2 Å². The second-order valence-electron chi connectivity index (χ2n) is 10.0. The molecule has 0 aliphatic carbocycles. The van der Waals surface area contributed by atoms with Crippen LogP contribution in [0.15, 0.2) is 35.5 Å². The van der Waals surface area contributed by atoms with Gasteiger partial charge in [-0.3, -0.25) is 0 Å². The maximum absolute atomic E-state index is 6.54. The van der Waals surface area contributed by atoms with E-state index in [0.29, 0.717) is 6.61 Å². The first kappa shape index (κ1) is 20.0. The summed E-state index contributed by atoms with van der Waals surface area (Å²) >= 11 is 0. The van der Waals surface area contributed by atoms with E-state index in [1.165, 1.54) is 0 Å². The van der Waals surface area contributed by atoms with Crippen LogP contribution in [0, 0.1) is 16.7 Å². The van der Waals surface area contributed by atoms with Crippen LogP contribution in [-0.2, 0) is 16.2 Å². The van der Waals surface area contributed by atoms with Crippen LogP contribution in [0.2, 0.25) is 0 Å². The van der Waals surface area contributed by atoms with Gasteiger partial charge in [0, 0.05) is 12.3 Å². The summed E-state index contributed by atoms with van der Waals surface area (Å²) < 4.78 is 6.54. The summed E-state index contributed by atoms with van der Waals surface area (Å²) in [6.07, 6.45) is 0.909. The number of rotatable bonds is 3. The Labute approximate surface area is 153 Å². The molecule has 1 aliphatic heterocycles. The molecular weight excluding hydrogens is 310 g/mol. The van der Waals surface area contributed by atoms with Crippen LogP contribution >= 0.6 is 0 Å². The first-order chi connectivity index (χ1) is 11.4. The number of hydrogen-bond donors (Lipinski definition) is 0. The largest absolute Gasteiger partial charge is 0.391 e. The molecule has 1 heterocycles. The fourth-order valence-electron chi connectivity index (χ4n) is 3.66. The van der Waals surface area contributed by atoms with Gasteiger partial charge >= 0.3 is 0 Å². The van der Waals surface area contributed by atoms with Crippen molar-refractivity contribution in [1.29, 1.82) is 0 Å². The van der Waals surface area contributed by atoms with Gasteiger partial charge in [-0.2, -0.15) is 0 Å². The lowest BCUT2D eigenvalue weighted by atomic mass is 9.64. The first-order valence-corrected chi connectivity index (χ1v) is 9.31. The Morgan fingerprint density at radius 3 is 2.16 bits per heavy atom. The molecule has 0 radical (unpaired) electrons. The van der Waals surface area contributed by atoms with Crippen molar-refractivity contribution in [2.45, 2.75) is 80.1 Å². The van der Waals surface area contributed by atoms with Gasteiger partial charge in [0.25, 0.3) is 0 Å². The highest BCUT2D eigenvalue weighted by Gasteiger charge is 2.49. The molecule has 0 bridgehead atoms. The van der Waals surface area contributed by atoms with E-state index in [4.69, 9.17) is 9.57 Å². The minimum Gasteiger partial charge on any atom is -0.391 e. The standard InChI is InChI=1S/C22H35NO2/c1-20(2,3)18-17(23-24-15-16-12-10-9-11-13-16)14-22(7,8)25-19(18)21(4,5)6/h9-13,18-19H,14-15H2,1-8H3/b23-17+. The Hall–Kier alpha value is -1.35. The number of hydrogen-bond acceptors (Lipinski definition) is 3. The van der Waals surface area contributed by atoms with E-state index in [0.717, 1.165) is 17.7 Å².